The van der Waals surface area contributed by atoms with E-state index in [2.05, 4.69) is 15.3 Å². The average Bonchev–Trinajstić information content (AvgIpc) is 2.76. The number of nitro benzene ring substituents is 1. The summed E-state index contributed by atoms with van der Waals surface area (Å²) in [7, 11) is 0. The number of aromatic nitrogens is 2. The standard InChI is InChI=1S/C21H19F3N4O4/c1-2-3-6-17(29)27-18(12-7-8-16(26-11-12)21(22,23)24)14-10-15(28(31)32)13-5-4-9-25-19(13)20(14)30/h4-5,7-11,18,30H,2-3,6H2,1H3,(H,27,29). The molecule has 32 heavy (non-hydrogen) atoms. The molecule has 2 heterocycles. The van der Waals surface area contributed by atoms with Crippen molar-refractivity contribution >= 4 is 22.5 Å². The molecule has 0 aliphatic rings. The maximum Gasteiger partial charge on any atom is 0.433 e. The number of alkyl halides is 3. The lowest BCUT2D eigenvalue weighted by Gasteiger charge is -2.21. The minimum atomic E-state index is -4.66. The fraction of sp³-hybridized carbons (Fsp3) is 0.286. The van der Waals surface area contributed by atoms with Crippen molar-refractivity contribution in [1.82, 2.24) is 15.3 Å². The molecule has 0 saturated carbocycles. The van der Waals surface area contributed by atoms with Crippen LogP contribution < -0.4 is 5.32 Å². The number of nitrogens with zero attached hydrogens (tertiary/aromatic N) is 3. The van der Waals surface area contributed by atoms with Gasteiger partial charge in [0.1, 0.15) is 17.0 Å². The normalized spacial score (nSPS) is 12.5. The van der Waals surface area contributed by atoms with Crippen LogP contribution in [0.4, 0.5) is 18.9 Å². The van der Waals surface area contributed by atoms with Crippen molar-refractivity contribution in [2.75, 3.05) is 0 Å². The molecule has 2 aromatic heterocycles. The number of phenols is 1. The van der Waals surface area contributed by atoms with Crippen molar-refractivity contribution in [3.05, 3.63) is 69.7 Å². The van der Waals surface area contributed by atoms with Gasteiger partial charge in [-0.3, -0.25) is 24.9 Å². The van der Waals surface area contributed by atoms with Crippen molar-refractivity contribution in [1.29, 1.82) is 0 Å². The summed E-state index contributed by atoms with van der Waals surface area (Å²) in [6.07, 6.45) is -0.973. The predicted octanol–water partition coefficient (Wildman–Crippen LogP) is 4.66. The Morgan fingerprint density at radius 3 is 2.62 bits per heavy atom. The summed E-state index contributed by atoms with van der Waals surface area (Å²) in [4.78, 5) is 30.8. The largest absolute Gasteiger partial charge is 0.505 e. The number of halogens is 3. The summed E-state index contributed by atoms with van der Waals surface area (Å²) in [5.41, 5.74) is -1.53. The second kappa shape index (κ2) is 9.16. The van der Waals surface area contributed by atoms with Gasteiger partial charge in [-0.05, 0) is 30.2 Å². The fourth-order valence-electron chi connectivity index (χ4n) is 3.26. The second-order valence-corrected chi connectivity index (χ2v) is 7.07. The molecular formula is C21H19F3N4O4. The number of unbranched alkanes of at least 4 members (excludes halogenated alkanes) is 1. The molecule has 0 saturated heterocycles. The first-order chi connectivity index (χ1) is 15.1. The topological polar surface area (TPSA) is 118 Å². The number of benzene rings is 1. The van der Waals surface area contributed by atoms with Crippen molar-refractivity contribution in [2.24, 2.45) is 0 Å². The van der Waals surface area contributed by atoms with Crippen molar-refractivity contribution < 1.29 is 28.0 Å². The van der Waals surface area contributed by atoms with E-state index in [0.29, 0.717) is 6.42 Å². The van der Waals surface area contributed by atoms with E-state index < -0.39 is 34.5 Å². The molecule has 1 atom stereocenters. The van der Waals surface area contributed by atoms with Crippen LogP contribution in [0.1, 0.15) is 49.0 Å². The Bertz CT molecular complexity index is 1150. The Labute approximate surface area is 180 Å². The Morgan fingerprint density at radius 1 is 1.28 bits per heavy atom. The third-order valence-electron chi connectivity index (χ3n) is 4.85. The summed E-state index contributed by atoms with van der Waals surface area (Å²) in [5, 5.41) is 25.2. The van der Waals surface area contributed by atoms with Crippen LogP contribution in [-0.2, 0) is 11.0 Å². The molecule has 0 fully saturated rings. The Hall–Kier alpha value is -3.76. The first-order valence-corrected chi connectivity index (χ1v) is 9.71. The van der Waals surface area contributed by atoms with Gasteiger partial charge in [0.05, 0.1) is 16.4 Å². The minimum Gasteiger partial charge on any atom is -0.505 e. The number of pyridine rings is 2. The first-order valence-electron chi connectivity index (χ1n) is 9.71. The van der Waals surface area contributed by atoms with E-state index in [1.165, 1.54) is 18.3 Å². The summed E-state index contributed by atoms with van der Waals surface area (Å²) in [5.74, 6) is -0.855. The van der Waals surface area contributed by atoms with E-state index in [1.807, 2.05) is 6.92 Å². The van der Waals surface area contributed by atoms with Crippen LogP contribution in [0.25, 0.3) is 10.9 Å². The van der Waals surface area contributed by atoms with Crippen LogP contribution in [-0.4, -0.2) is 25.9 Å². The van der Waals surface area contributed by atoms with Gasteiger partial charge in [-0.1, -0.05) is 19.4 Å². The average molecular weight is 448 g/mol. The molecule has 3 aromatic rings. The van der Waals surface area contributed by atoms with Gasteiger partial charge in [0, 0.05) is 30.4 Å². The lowest BCUT2D eigenvalue weighted by Crippen LogP contribution is -2.29. The van der Waals surface area contributed by atoms with Crippen molar-refractivity contribution in [3.63, 3.8) is 0 Å². The van der Waals surface area contributed by atoms with Crippen LogP contribution in [0.15, 0.2) is 42.7 Å². The van der Waals surface area contributed by atoms with Crippen LogP contribution in [0.5, 0.6) is 5.75 Å². The Morgan fingerprint density at radius 2 is 2.03 bits per heavy atom. The lowest BCUT2D eigenvalue weighted by molar-refractivity contribution is -0.383. The number of nitrogens with one attached hydrogen (secondary N) is 1. The number of aromatic hydroxyl groups is 1. The first kappa shape index (κ1) is 22.9. The Balaban J connectivity index is 2.17. The number of fused-ring (bicyclic) bond motifs is 1. The van der Waals surface area contributed by atoms with Gasteiger partial charge in [0.25, 0.3) is 5.69 Å². The summed E-state index contributed by atoms with van der Waals surface area (Å²) in [6, 6.07) is 4.64. The van der Waals surface area contributed by atoms with Gasteiger partial charge in [-0.25, -0.2) is 0 Å². The van der Waals surface area contributed by atoms with Crippen LogP contribution >= 0.6 is 0 Å². The quantitative estimate of drug-likeness (QED) is 0.401. The van der Waals surface area contributed by atoms with E-state index in [9.17, 15) is 33.2 Å². The SMILES string of the molecule is CCCCC(=O)NC(c1ccc(C(F)(F)F)nc1)c1cc([N+](=O)[O-])c2cccnc2c1O. The summed E-state index contributed by atoms with van der Waals surface area (Å²) < 4.78 is 38.8. The molecule has 8 nitrogen and oxygen atoms in total. The zero-order chi connectivity index (χ0) is 23.5. The van der Waals surface area contributed by atoms with E-state index in [1.54, 1.807) is 0 Å². The third kappa shape index (κ3) is 4.76. The Kier molecular flexibility index (Phi) is 6.56. The minimum absolute atomic E-state index is 0.0654. The van der Waals surface area contributed by atoms with E-state index >= 15 is 0 Å². The zero-order valence-corrected chi connectivity index (χ0v) is 16.9. The number of phenolic OH excluding ortho intramolecular Hbond substituents is 1. The van der Waals surface area contributed by atoms with Gasteiger partial charge in [-0.15, -0.1) is 0 Å². The number of rotatable bonds is 7. The third-order valence-corrected chi connectivity index (χ3v) is 4.85. The molecule has 1 unspecified atom stereocenters. The van der Waals surface area contributed by atoms with E-state index in [0.717, 1.165) is 30.8 Å². The fourth-order valence-corrected chi connectivity index (χ4v) is 3.26. The highest BCUT2D eigenvalue weighted by Crippen LogP contribution is 2.39. The molecule has 2 N–H and O–H groups in total. The molecule has 0 aliphatic heterocycles. The predicted molar refractivity (Wildman–Crippen MR) is 109 cm³/mol. The van der Waals surface area contributed by atoms with Gasteiger partial charge in [-0.2, -0.15) is 13.2 Å². The smallest absolute Gasteiger partial charge is 0.433 e. The highest BCUT2D eigenvalue weighted by Gasteiger charge is 2.33. The zero-order valence-electron chi connectivity index (χ0n) is 16.9. The number of non-ortho nitro benzene ring substituents is 1. The molecule has 1 aromatic carbocycles. The van der Waals surface area contributed by atoms with Crippen molar-refractivity contribution in [2.45, 2.75) is 38.4 Å². The van der Waals surface area contributed by atoms with Gasteiger partial charge < -0.3 is 10.4 Å². The number of hydrogen-bond acceptors (Lipinski definition) is 6. The number of amides is 1. The van der Waals surface area contributed by atoms with Gasteiger partial charge in [0.15, 0.2) is 0 Å². The summed E-state index contributed by atoms with van der Waals surface area (Å²) in [6.45, 7) is 1.88. The molecule has 168 valence electrons. The monoisotopic (exact) mass is 448 g/mol. The van der Waals surface area contributed by atoms with E-state index in [-0.39, 0.29) is 34.1 Å². The van der Waals surface area contributed by atoms with Crippen LogP contribution in [0.3, 0.4) is 0 Å². The molecule has 0 aliphatic carbocycles. The molecule has 1 amide bonds. The van der Waals surface area contributed by atoms with Crippen LogP contribution in [0, 0.1) is 10.1 Å². The number of carbonyl (C=O) groups excluding carboxylic acids is 1. The molecular weight excluding hydrogens is 429 g/mol. The van der Waals surface area contributed by atoms with Gasteiger partial charge >= 0.3 is 6.18 Å². The molecule has 0 radical (unpaired) electrons. The highest BCUT2D eigenvalue weighted by molar-refractivity contribution is 5.94. The second-order valence-electron chi connectivity index (χ2n) is 7.07. The number of nitro groups is 1. The molecule has 11 heteroatoms. The van der Waals surface area contributed by atoms with Crippen molar-refractivity contribution in [3.8, 4) is 5.75 Å². The molecule has 0 bridgehead atoms. The molecule has 0 spiro atoms. The maximum atomic E-state index is 12.9. The van der Waals surface area contributed by atoms with Crippen LogP contribution in [0.2, 0.25) is 0 Å². The number of carbonyl (C=O) groups is 1. The maximum absolute atomic E-state index is 12.9. The van der Waals surface area contributed by atoms with E-state index in [4.69, 9.17) is 0 Å². The highest BCUT2D eigenvalue weighted by atomic mass is 19.4. The summed E-state index contributed by atoms with van der Waals surface area (Å²) >= 11 is 0. The number of hydrogen-bond donors (Lipinski definition) is 2. The lowest BCUT2D eigenvalue weighted by atomic mass is 9.95. The molecule has 3 rings (SSSR count). The van der Waals surface area contributed by atoms with Gasteiger partial charge in [0.2, 0.25) is 5.91 Å².